The fraction of sp³-hybridized carbons (Fsp3) is 0.611. The minimum Gasteiger partial charge on any atom is -0.444 e. The summed E-state index contributed by atoms with van der Waals surface area (Å²) >= 11 is 0. The van der Waals surface area contributed by atoms with Crippen LogP contribution >= 0.6 is 0 Å². The van der Waals surface area contributed by atoms with Crippen LogP contribution in [0.15, 0.2) is 24.3 Å². The van der Waals surface area contributed by atoms with E-state index in [1.54, 1.807) is 11.9 Å². The molecule has 1 atom stereocenters. The lowest BCUT2D eigenvalue weighted by molar-refractivity contribution is 0.0285. The van der Waals surface area contributed by atoms with Crippen molar-refractivity contribution in [2.75, 3.05) is 12.4 Å². The van der Waals surface area contributed by atoms with Gasteiger partial charge in [-0.2, -0.15) is 0 Å². The number of rotatable bonds is 5. The third-order valence-corrected chi connectivity index (χ3v) is 3.51. The molecule has 0 fully saturated rings. The monoisotopic (exact) mass is 306 g/mol. The van der Waals surface area contributed by atoms with E-state index in [4.69, 9.17) is 4.74 Å². The van der Waals surface area contributed by atoms with Crippen molar-refractivity contribution < 1.29 is 9.53 Å². The summed E-state index contributed by atoms with van der Waals surface area (Å²) in [5, 5.41) is 3.52. The number of benzene rings is 1. The number of hydrogen-bond acceptors (Lipinski definition) is 3. The zero-order valence-corrected chi connectivity index (χ0v) is 14.9. The van der Waals surface area contributed by atoms with Crippen molar-refractivity contribution in [2.45, 2.75) is 59.7 Å². The lowest BCUT2D eigenvalue weighted by Crippen LogP contribution is -2.34. The Hall–Kier alpha value is -1.71. The third-order valence-electron chi connectivity index (χ3n) is 3.51. The van der Waals surface area contributed by atoms with Crippen LogP contribution in [0.5, 0.6) is 0 Å². The van der Waals surface area contributed by atoms with Crippen LogP contribution < -0.4 is 5.32 Å². The smallest absolute Gasteiger partial charge is 0.410 e. The molecule has 0 bridgehead atoms. The van der Waals surface area contributed by atoms with E-state index in [1.807, 2.05) is 39.0 Å². The van der Waals surface area contributed by atoms with Crippen LogP contribution in [0.25, 0.3) is 0 Å². The summed E-state index contributed by atoms with van der Waals surface area (Å²) in [4.78, 5) is 13.7. The van der Waals surface area contributed by atoms with Gasteiger partial charge in [-0.05, 0) is 45.2 Å². The van der Waals surface area contributed by atoms with Gasteiger partial charge in [0.25, 0.3) is 0 Å². The number of hydrogen-bond donors (Lipinski definition) is 1. The molecule has 0 saturated carbocycles. The number of anilines is 1. The van der Waals surface area contributed by atoms with Crippen LogP contribution in [0.4, 0.5) is 10.5 Å². The number of ether oxygens (including phenoxy) is 1. The Bertz CT molecular complexity index is 492. The molecule has 0 aromatic heterocycles. The summed E-state index contributed by atoms with van der Waals surface area (Å²) in [6, 6.07) is 8.46. The molecule has 4 heteroatoms. The molecule has 124 valence electrons. The summed E-state index contributed by atoms with van der Waals surface area (Å²) in [6.45, 7) is 12.7. The third kappa shape index (κ3) is 5.96. The standard InChI is InChI=1S/C18H30N2O2/c1-13(2)14(3)19-16-11-9-8-10-15(16)12-20(7)17(21)22-18(4,5)6/h8-11,13-14,19H,12H2,1-7H3. The van der Waals surface area contributed by atoms with Crippen molar-refractivity contribution in [3.63, 3.8) is 0 Å². The summed E-state index contributed by atoms with van der Waals surface area (Å²) in [7, 11) is 1.76. The van der Waals surface area contributed by atoms with Crippen molar-refractivity contribution in [3.05, 3.63) is 29.8 Å². The SMILES string of the molecule is CC(C)C(C)Nc1ccccc1CN(C)C(=O)OC(C)(C)C. The number of nitrogens with one attached hydrogen (secondary N) is 1. The van der Waals surface area contributed by atoms with Crippen LogP contribution in [0, 0.1) is 5.92 Å². The van der Waals surface area contributed by atoms with Gasteiger partial charge in [0.1, 0.15) is 5.60 Å². The Labute approximate surface area is 134 Å². The molecule has 0 aliphatic rings. The first kappa shape index (κ1) is 18.3. The fourth-order valence-electron chi connectivity index (χ4n) is 1.87. The first-order chi connectivity index (χ1) is 10.1. The van der Waals surface area contributed by atoms with Gasteiger partial charge in [-0.3, -0.25) is 0 Å². The predicted octanol–water partition coefficient (Wildman–Crippen LogP) is 4.51. The highest BCUT2D eigenvalue weighted by molar-refractivity contribution is 5.68. The van der Waals surface area contributed by atoms with E-state index in [2.05, 4.69) is 32.2 Å². The molecule has 0 aliphatic carbocycles. The summed E-state index contributed by atoms with van der Waals surface area (Å²) in [5.74, 6) is 0.539. The number of carbonyl (C=O) groups is 1. The van der Waals surface area contributed by atoms with Crippen molar-refractivity contribution in [1.82, 2.24) is 4.90 Å². The molecule has 1 rings (SSSR count). The molecular formula is C18H30N2O2. The highest BCUT2D eigenvalue weighted by Gasteiger charge is 2.20. The van der Waals surface area contributed by atoms with Crippen molar-refractivity contribution in [1.29, 1.82) is 0 Å². The minimum atomic E-state index is -0.477. The molecule has 4 nitrogen and oxygen atoms in total. The normalized spacial score (nSPS) is 12.9. The average molecular weight is 306 g/mol. The van der Waals surface area contributed by atoms with Gasteiger partial charge in [0, 0.05) is 18.8 Å². The molecule has 1 aromatic carbocycles. The largest absolute Gasteiger partial charge is 0.444 e. The van der Waals surface area contributed by atoms with Gasteiger partial charge < -0.3 is 15.0 Å². The number of amides is 1. The lowest BCUT2D eigenvalue weighted by Gasteiger charge is -2.26. The molecule has 0 saturated heterocycles. The maximum atomic E-state index is 12.1. The molecule has 0 radical (unpaired) electrons. The van der Waals surface area contributed by atoms with Crippen LogP contribution in [0.3, 0.4) is 0 Å². The van der Waals surface area contributed by atoms with Crippen molar-refractivity contribution >= 4 is 11.8 Å². The Morgan fingerprint density at radius 1 is 1.23 bits per heavy atom. The minimum absolute atomic E-state index is 0.306. The second kappa shape index (κ2) is 7.52. The van der Waals surface area contributed by atoms with E-state index in [9.17, 15) is 4.79 Å². The van der Waals surface area contributed by atoms with Gasteiger partial charge in [-0.25, -0.2) is 4.79 Å². The molecule has 0 aliphatic heterocycles. The van der Waals surface area contributed by atoms with Gasteiger partial charge in [-0.15, -0.1) is 0 Å². The fourth-order valence-corrected chi connectivity index (χ4v) is 1.87. The Morgan fingerprint density at radius 2 is 1.82 bits per heavy atom. The Balaban J connectivity index is 2.79. The van der Waals surface area contributed by atoms with Gasteiger partial charge in [0.15, 0.2) is 0 Å². The summed E-state index contributed by atoms with van der Waals surface area (Å²) in [6.07, 6.45) is -0.306. The van der Waals surface area contributed by atoms with E-state index >= 15 is 0 Å². The number of nitrogens with zero attached hydrogens (tertiary/aromatic N) is 1. The quantitative estimate of drug-likeness (QED) is 0.870. The average Bonchev–Trinajstić information content (AvgIpc) is 2.38. The van der Waals surface area contributed by atoms with E-state index in [-0.39, 0.29) is 6.09 Å². The van der Waals surface area contributed by atoms with Crippen molar-refractivity contribution in [3.8, 4) is 0 Å². The van der Waals surface area contributed by atoms with Crippen LogP contribution in [-0.2, 0) is 11.3 Å². The van der Waals surface area contributed by atoms with E-state index in [0.717, 1.165) is 11.3 Å². The van der Waals surface area contributed by atoms with Crippen LogP contribution in [0.1, 0.15) is 47.1 Å². The zero-order valence-electron chi connectivity index (χ0n) is 14.9. The number of para-hydroxylation sites is 1. The Kier molecular flexibility index (Phi) is 6.27. The van der Waals surface area contributed by atoms with Gasteiger partial charge in [0.05, 0.1) is 6.54 Å². The molecule has 22 heavy (non-hydrogen) atoms. The van der Waals surface area contributed by atoms with Crippen LogP contribution in [-0.4, -0.2) is 29.7 Å². The van der Waals surface area contributed by atoms with Gasteiger partial charge in [-0.1, -0.05) is 32.0 Å². The summed E-state index contributed by atoms with van der Waals surface area (Å²) < 4.78 is 5.40. The second-order valence-corrected chi connectivity index (χ2v) is 7.17. The van der Waals surface area contributed by atoms with Gasteiger partial charge in [0.2, 0.25) is 0 Å². The predicted molar refractivity (Wildman–Crippen MR) is 92.1 cm³/mol. The molecule has 1 aromatic rings. The topological polar surface area (TPSA) is 41.6 Å². The van der Waals surface area contributed by atoms with E-state index in [1.165, 1.54) is 0 Å². The molecule has 0 heterocycles. The number of carbonyl (C=O) groups excluding carboxylic acids is 1. The lowest BCUT2D eigenvalue weighted by atomic mass is 10.0. The Morgan fingerprint density at radius 3 is 2.36 bits per heavy atom. The van der Waals surface area contributed by atoms with E-state index < -0.39 is 5.60 Å². The first-order valence-electron chi connectivity index (χ1n) is 7.88. The zero-order chi connectivity index (χ0) is 16.9. The summed E-state index contributed by atoms with van der Waals surface area (Å²) in [5.41, 5.74) is 1.68. The van der Waals surface area contributed by atoms with Gasteiger partial charge >= 0.3 is 6.09 Å². The van der Waals surface area contributed by atoms with Crippen molar-refractivity contribution in [2.24, 2.45) is 5.92 Å². The molecule has 0 spiro atoms. The van der Waals surface area contributed by atoms with E-state index in [0.29, 0.717) is 18.5 Å². The highest BCUT2D eigenvalue weighted by atomic mass is 16.6. The molecule has 1 N–H and O–H groups in total. The molecular weight excluding hydrogens is 276 g/mol. The molecule has 1 amide bonds. The molecule has 1 unspecified atom stereocenters. The second-order valence-electron chi connectivity index (χ2n) is 7.17. The first-order valence-corrected chi connectivity index (χ1v) is 7.88. The maximum Gasteiger partial charge on any atom is 0.410 e. The van der Waals surface area contributed by atoms with Crippen LogP contribution in [0.2, 0.25) is 0 Å². The highest BCUT2D eigenvalue weighted by Crippen LogP contribution is 2.20. The maximum absolute atomic E-state index is 12.1.